The number of nitrogens with one attached hydrogen (secondary N) is 4. The van der Waals surface area contributed by atoms with Gasteiger partial charge in [-0.3, -0.25) is 29.8 Å². The summed E-state index contributed by atoms with van der Waals surface area (Å²) in [6, 6.07) is 0.534. The van der Waals surface area contributed by atoms with Gasteiger partial charge in [0.2, 0.25) is 0 Å². The highest BCUT2D eigenvalue weighted by Gasteiger charge is 2.52. The summed E-state index contributed by atoms with van der Waals surface area (Å²) in [6.45, 7) is 2.09. The lowest BCUT2D eigenvalue weighted by Gasteiger charge is -2.33. The molecule has 1 saturated heterocycles. The standard InChI is InChI=1S/C17H18N6O5/c1-8-2-4-17(5-3-8)14(26)23(16(28)21-17)22-12(24)9-6-10-11(18-7-9)19-15(27)20-13(10)25/h6-8H,2-5H2,1H3,(H,21,28)(H,22,24)(H2,18,19,20,25,27). The molecule has 1 saturated carbocycles. The molecule has 11 nitrogen and oxygen atoms in total. The molecule has 2 aliphatic rings. The van der Waals surface area contributed by atoms with Gasteiger partial charge in [-0.25, -0.2) is 14.6 Å². The molecule has 2 fully saturated rings. The van der Waals surface area contributed by atoms with Gasteiger partial charge in [-0.2, -0.15) is 5.01 Å². The third-order valence-corrected chi connectivity index (χ3v) is 5.36. The average molecular weight is 386 g/mol. The van der Waals surface area contributed by atoms with Crippen LogP contribution in [0.3, 0.4) is 0 Å². The number of imide groups is 1. The van der Waals surface area contributed by atoms with Gasteiger partial charge < -0.3 is 5.32 Å². The van der Waals surface area contributed by atoms with Crippen molar-refractivity contribution in [2.24, 2.45) is 5.92 Å². The van der Waals surface area contributed by atoms with Crippen molar-refractivity contribution < 1.29 is 14.4 Å². The van der Waals surface area contributed by atoms with E-state index in [9.17, 15) is 24.0 Å². The van der Waals surface area contributed by atoms with Gasteiger partial charge in [0.15, 0.2) is 0 Å². The summed E-state index contributed by atoms with van der Waals surface area (Å²) in [5.74, 6) is -0.787. The normalized spacial score (nSPS) is 24.6. The van der Waals surface area contributed by atoms with Crippen molar-refractivity contribution >= 4 is 28.9 Å². The third kappa shape index (κ3) is 2.84. The van der Waals surface area contributed by atoms with Gasteiger partial charge >= 0.3 is 11.7 Å². The van der Waals surface area contributed by atoms with Gasteiger partial charge in [-0.1, -0.05) is 6.92 Å². The Morgan fingerprint density at radius 3 is 2.64 bits per heavy atom. The van der Waals surface area contributed by atoms with E-state index in [0.29, 0.717) is 23.8 Å². The average Bonchev–Trinajstić information content (AvgIpc) is 2.88. The molecule has 146 valence electrons. The number of hydrazine groups is 1. The van der Waals surface area contributed by atoms with Crippen LogP contribution in [-0.4, -0.2) is 43.3 Å². The second-order valence-electron chi connectivity index (χ2n) is 7.30. The molecule has 11 heteroatoms. The number of nitrogens with zero attached hydrogens (tertiary/aromatic N) is 2. The number of aromatic amines is 2. The number of carbonyl (C=O) groups excluding carboxylic acids is 3. The van der Waals surface area contributed by atoms with Crippen molar-refractivity contribution in [2.45, 2.75) is 38.1 Å². The van der Waals surface area contributed by atoms with E-state index in [1.54, 1.807) is 0 Å². The Bertz CT molecular complexity index is 1110. The van der Waals surface area contributed by atoms with E-state index < -0.39 is 34.6 Å². The fourth-order valence-corrected chi connectivity index (χ4v) is 3.65. The molecule has 2 aromatic rings. The minimum Gasteiger partial charge on any atom is -0.322 e. The maximum absolute atomic E-state index is 12.8. The SMILES string of the molecule is CC1CCC2(CC1)NC(=O)N(NC(=O)c1cnc3[nH]c(=O)[nH]c(=O)c3c1)C2=O. The van der Waals surface area contributed by atoms with Gasteiger partial charge in [0.25, 0.3) is 17.4 Å². The molecule has 0 atom stereocenters. The van der Waals surface area contributed by atoms with Gasteiger partial charge in [0.05, 0.1) is 10.9 Å². The summed E-state index contributed by atoms with van der Waals surface area (Å²) in [4.78, 5) is 69.0. The minimum atomic E-state index is -0.977. The first-order chi connectivity index (χ1) is 13.3. The Kier molecular flexibility index (Phi) is 4.02. The Hall–Kier alpha value is -3.50. The van der Waals surface area contributed by atoms with E-state index in [1.165, 1.54) is 6.07 Å². The number of H-pyrrole nitrogens is 2. The number of carbonyl (C=O) groups is 3. The molecule has 4 N–H and O–H groups in total. The number of urea groups is 1. The van der Waals surface area contributed by atoms with E-state index in [2.05, 4.69) is 27.6 Å². The molecule has 2 aromatic heterocycles. The topological polar surface area (TPSA) is 157 Å². The summed E-state index contributed by atoms with van der Waals surface area (Å²) in [7, 11) is 0. The van der Waals surface area contributed by atoms with Crippen LogP contribution >= 0.6 is 0 Å². The highest BCUT2D eigenvalue weighted by atomic mass is 16.2. The van der Waals surface area contributed by atoms with Crippen LogP contribution < -0.4 is 22.0 Å². The van der Waals surface area contributed by atoms with Crippen LogP contribution in [0.25, 0.3) is 11.0 Å². The van der Waals surface area contributed by atoms with Crippen LogP contribution in [0.2, 0.25) is 0 Å². The van der Waals surface area contributed by atoms with Crippen LogP contribution in [0.5, 0.6) is 0 Å². The summed E-state index contributed by atoms with van der Waals surface area (Å²) < 4.78 is 0. The largest absolute Gasteiger partial charge is 0.344 e. The molecule has 3 heterocycles. The van der Waals surface area contributed by atoms with E-state index in [1.807, 2.05) is 4.98 Å². The lowest BCUT2D eigenvalue weighted by molar-refractivity contribution is -0.134. The molecule has 4 rings (SSSR count). The number of rotatable bonds is 2. The van der Waals surface area contributed by atoms with E-state index in [4.69, 9.17) is 0 Å². The Balaban J connectivity index is 1.57. The molecule has 1 aliphatic carbocycles. The highest BCUT2D eigenvalue weighted by Crippen LogP contribution is 2.35. The minimum absolute atomic E-state index is 0.00203. The maximum Gasteiger partial charge on any atom is 0.344 e. The molecule has 0 radical (unpaired) electrons. The smallest absolute Gasteiger partial charge is 0.322 e. The fourth-order valence-electron chi connectivity index (χ4n) is 3.65. The van der Waals surface area contributed by atoms with Crippen LogP contribution in [0.4, 0.5) is 4.79 Å². The van der Waals surface area contributed by atoms with Crippen LogP contribution in [0, 0.1) is 5.92 Å². The van der Waals surface area contributed by atoms with Crippen LogP contribution in [0.1, 0.15) is 43.0 Å². The highest BCUT2D eigenvalue weighted by molar-refractivity contribution is 6.09. The predicted molar refractivity (Wildman–Crippen MR) is 96.2 cm³/mol. The van der Waals surface area contributed by atoms with Gasteiger partial charge in [-0.05, 0) is 37.7 Å². The Morgan fingerprint density at radius 1 is 1.21 bits per heavy atom. The molecule has 0 aromatic carbocycles. The Morgan fingerprint density at radius 2 is 1.93 bits per heavy atom. The summed E-state index contributed by atoms with van der Waals surface area (Å²) in [5, 5.41) is 3.39. The van der Waals surface area contributed by atoms with Crippen molar-refractivity contribution in [2.75, 3.05) is 0 Å². The van der Waals surface area contributed by atoms with Crippen molar-refractivity contribution in [3.63, 3.8) is 0 Å². The van der Waals surface area contributed by atoms with Gasteiger partial charge in [0.1, 0.15) is 11.2 Å². The molecule has 1 aliphatic heterocycles. The number of hydrogen-bond donors (Lipinski definition) is 4. The van der Waals surface area contributed by atoms with Crippen molar-refractivity contribution in [3.8, 4) is 0 Å². The molecule has 28 heavy (non-hydrogen) atoms. The number of pyridine rings is 1. The zero-order chi connectivity index (χ0) is 20.1. The molecule has 4 amide bonds. The molecular weight excluding hydrogens is 368 g/mol. The van der Waals surface area contributed by atoms with Crippen LogP contribution in [-0.2, 0) is 4.79 Å². The van der Waals surface area contributed by atoms with Crippen molar-refractivity contribution in [1.29, 1.82) is 0 Å². The first-order valence-electron chi connectivity index (χ1n) is 8.89. The second kappa shape index (κ2) is 6.29. The fraction of sp³-hybridized carbons (Fsp3) is 0.412. The number of aromatic nitrogens is 3. The van der Waals surface area contributed by atoms with E-state index >= 15 is 0 Å². The lowest BCUT2D eigenvalue weighted by atomic mass is 9.77. The molecule has 0 unspecified atom stereocenters. The number of fused-ring (bicyclic) bond motifs is 1. The van der Waals surface area contributed by atoms with Crippen molar-refractivity contribution in [1.82, 2.24) is 30.7 Å². The summed E-state index contributed by atoms with van der Waals surface area (Å²) in [6.07, 6.45) is 3.80. The van der Waals surface area contributed by atoms with E-state index in [0.717, 1.165) is 19.0 Å². The summed E-state index contributed by atoms with van der Waals surface area (Å²) in [5.41, 5.74) is -0.127. The second-order valence-corrected chi connectivity index (χ2v) is 7.30. The van der Waals surface area contributed by atoms with Crippen molar-refractivity contribution in [3.05, 3.63) is 38.7 Å². The first-order valence-corrected chi connectivity index (χ1v) is 8.89. The Labute approximate surface area is 157 Å². The number of amides is 4. The lowest BCUT2D eigenvalue weighted by Crippen LogP contribution is -2.51. The van der Waals surface area contributed by atoms with Gasteiger partial charge in [0, 0.05) is 6.20 Å². The van der Waals surface area contributed by atoms with Gasteiger partial charge in [-0.15, -0.1) is 0 Å². The third-order valence-electron chi connectivity index (χ3n) is 5.36. The predicted octanol–water partition coefficient (Wildman–Crippen LogP) is -0.243. The van der Waals surface area contributed by atoms with E-state index in [-0.39, 0.29) is 16.6 Å². The zero-order valence-corrected chi connectivity index (χ0v) is 15.0. The zero-order valence-electron chi connectivity index (χ0n) is 15.0. The number of hydrogen-bond acceptors (Lipinski definition) is 6. The molecule has 0 bridgehead atoms. The maximum atomic E-state index is 12.8. The molecule has 1 spiro atoms. The summed E-state index contributed by atoms with van der Waals surface area (Å²) >= 11 is 0. The quantitative estimate of drug-likeness (QED) is 0.522. The first kappa shape index (κ1) is 17.9. The molecular formula is C17H18N6O5. The monoisotopic (exact) mass is 386 g/mol. The van der Waals surface area contributed by atoms with Crippen LogP contribution in [0.15, 0.2) is 21.9 Å².